The highest BCUT2D eigenvalue weighted by molar-refractivity contribution is 6.42. The van der Waals surface area contributed by atoms with Crippen LogP contribution in [-0.4, -0.2) is 33.3 Å². The number of nitrogens with two attached hydrogens (primary N) is 1. The molecule has 4 rings (SSSR count). The van der Waals surface area contributed by atoms with Crippen molar-refractivity contribution in [2.75, 3.05) is 12.3 Å². The summed E-state index contributed by atoms with van der Waals surface area (Å²) in [6.45, 7) is 2.61. The Labute approximate surface area is 188 Å². The fourth-order valence-electron chi connectivity index (χ4n) is 3.17. The van der Waals surface area contributed by atoms with Gasteiger partial charge >= 0.3 is 0 Å². The predicted octanol–water partition coefficient (Wildman–Crippen LogP) is 4.89. The summed E-state index contributed by atoms with van der Waals surface area (Å²) in [4.78, 5) is 22.2. The number of nitrogens with one attached hydrogen (secondary N) is 1. The number of halogens is 2. The van der Waals surface area contributed by atoms with Crippen LogP contribution in [-0.2, 0) is 0 Å². The van der Waals surface area contributed by atoms with Crippen LogP contribution in [0.4, 0.5) is 5.82 Å². The number of para-hydroxylation sites is 2. The lowest BCUT2D eigenvalue weighted by Crippen LogP contribution is -2.25. The van der Waals surface area contributed by atoms with Gasteiger partial charge in [-0.05, 0) is 36.2 Å². The molecule has 0 spiro atoms. The maximum Gasteiger partial charge on any atom is 0.257 e. The standard InChI is InChI=1S/C22H20Cl2N6O/c1-2-3-10-26-22(31)18-19-21(29-17-7-5-4-6-16(17)28-19)30(20(18)25)27-12-13-8-9-14(23)15(24)11-13/h4-9,11-12H,2-3,10,25H2,1H3,(H,26,31)/b27-12-. The number of unbranched alkanes of at least 4 members (excludes halogenated alkanes) is 1. The van der Waals surface area contributed by atoms with E-state index in [2.05, 4.69) is 27.3 Å². The summed E-state index contributed by atoms with van der Waals surface area (Å²) >= 11 is 12.1. The number of rotatable bonds is 6. The number of nitrogen functional groups attached to an aromatic ring is 1. The van der Waals surface area contributed by atoms with Gasteiger partial charge in [0.1, 0.15) is 16.9 Å². The summed E-state index contributed by atoms with van der Waals surface area (Å²) in [7, 11) is 0. The first-order chi connectivity index (χ1) is 15.0. The summed E-state index contributed by atoms with van der Waals surface area (Å²) in [6.07, 6.45) is 3.41. The lowest BCUT2D eigenvalue weighted by atomic mass is 10.2. The van der Waals surface area contributed by atoms with Crippen molar-refractivity contribution in [2.45, 2.75) is 19.8 Å². The van der Waals surface area contributed by atoms with Crippen LogP contribution in [0.5, 0.6) is 0 Å². The van der Waals surface area contributed by atoms with Gasteiger partial charge in [-0.1, -0.05) is 54.7 Å². The van der Waals surface area contributed by atoms with Crippen LogP contribution in [0.2, 0.25) is 10.0 Å². The zero-order valence-electron chi connectivity index (χ0n) is 16.8. The van der Waals surface area contributed by atoms with Gasteiger partial charge in [-0.25, -0.2) is 9.97 Å². The number of hydrogen-bond donors (Lipinski definition) is 2. The molecular formula is C22H20Cl2N6O. The number of fused-ring (bicyclic) bond motifs is 2. The molecule has 0 atom stereocenters. The van der Waals surface area contributed by atoms with Gasteiger partial charge in [0.25, 0.3) is 5.91 Å². The van der Waals surface area contributed by atoms with Crippen molar-refractivity contribution >= 4 is 63.3 Å². The molecule has 0 aliphatic heterocycles. The van der Waals surface area contributed by atoms with Gasteiger partial charge in [-0.3, -0.25) is 4.79 Å². The third-order valence-electron chi connectivity index (χ3n) is 4.78. The molecule has 9 heteroatoms. The molecule has 0 radical (unpaired) electrons. The molecule has 0 bridgehead atoms. The van der Waals surface area contributed by atoms with Crippen molar-refractivity contribution in [1.82, 2.24) is 20.0 Å². The first-order valence-electron chi connectivity index (χ1n) is 9.84. The molecule has 2 aromatic heterocycles. The van der Waals surface area contributed by atoms with Gasteiger partial charge in [-0.2, -0.15) is 9.78 Å². The zero-order valence-corrected chi connectivity index (χ0v) is 18.3. The molecule has 0 aliphatic rings. The molecule has 3 N–H and O–H groups in total. The minimum absolute atomic E-state index is 0.163. The molecular weight excluding hydrogens is 435 g/mol. The van der Waals surface area contributed by atoms with Gasteiger partial charge in [-0.15, -0.1) is 0 Å². The largest absolute Gasteiger partial charge is 0.383 e. The Morgan fingerprint density at radius 3 is 2.61 bits per heavy atom. The first-order valence-corrected chi connectivity index (χ1v) is 10.6. The van der Waals surface area contributed by atoms with E-state index in [1.54, 1.807) is 24.4 Å². The molecule has 2 heterocycles. The number of carbonyl (C=O) groups excluding carboxylic acids is 1. The van der Waals surface area contributed by atoms with E-state index < -0.39 is 0 Å². The average Bonchev–Trinajstić information content (AvgIpc) is 3.03. The van der Waals surface area contributed by atoms with Crippen molar-refractivity contribution in [3.63, 3.8) is 0 Å². The quantitative estimate of drug-likeness (QED) is 0.320. The van der Waals surface area contributed by atoms with E-state index in [-0.39, 0.29) is 17.3 Å². The van der Waals surface area contributed by atoms with Gasteiger partial charge in [0.05, 0.1) is 27.3 Å². The fourth-order valence-corrected chi connectivity index (χ4v) is 3.48. The first kappa shape index (κ1) is 21.1. The molecule has 158 valence electrons. The van der Waals surface area contributed by atoms with E-state index in [9.17, 15) is 4.79 Å². The Bertz CT molecular complexity index is 1310. The number of amides is 1. The van der Waals surface area contributed by atoms with E-state index in [0.29, 0.717) is 38.8 Å². The maximum absolute atomic E-state index is 12.9. The number of aromatic nitrogens is 3. The molecule has 0 unspecified atom stereocenters. The van der Waals surface area contributed by atoms with E-state index in [1.807, 2.05) is 24.3 Å². The van der Waals surface area contributed by atoms with E-state index >= 15 is 0 Å². The molecule has 1 amide bonds. The van der Waals surface area contributed by atoms with Crippen LogP contribution in [0.15, 0.2) is 47.6 Å². The van der Waals surface area contributed by atoms with Crippen LogP contribution in [0.3, 0.4) is 0 Å². The second-order valence-electron chi connectivity index (χ2n) is 6.98. The van der Waals surface area contributed by atoms with Crippen molar-refractivity contribution in [3.8, 4) is 0 Å². The summed E-state index contributed by atoms with van der Waals surface area (Å²) in [5, 5.41) is 8.23. The second-order valence-corrected chi connectivity index (χ2v) is 7.80. The summed E-state index contributed by atoms with van der Waals surface area (Å²) in [5.74, 6) is -0.139. The number of hydrogen-bond acceptors (Lipinski definition) is 5. The molecule has 0 saturated heterocycles. The van der Waals surface area contributed by atoms with Crippen LogP contribution in [0.1, 0.15) is 35.7 Å². The van der Waals surface area contributed by atoms with Crippen LogP contribution < -0.4 is 11.1 Å². The topological polar surface area (TPSA) is 98.2 Å². The average molecular weight is 455 g/mol. The van der Waals surface area contributed by atoms with Crippen LogP contribution >= 0.6 is 23.2 Å². The number of benzene rings is 2. The summed E-state index contributed by atoms with van der Waals surface area (Å²) in [5.41, 5.74) is 9.49. The normalized spacial score (nSPS) is 11.6. The molecule has 0 saturated carbocycles. The minimum Gasteiger partial charge on any atom is -0.383 e. The third kappa shape index (κ3) is 4.19. The lowest BCUT2D eigenvalue weighted by Gasteiger charge is -2.04. The van der Waals surface area contributed by atoms with E-state index in [0.717, 1.165) is 18.4 Å². The SMILES string of the molecule is CCCCNC(=O)c1c(N)n(/N=C\c2ccc(Cl)c(Cl)c2)c2nc3ccccc3nc12. The number of carbonyl (C=O) groups is 1. The monoisotopic (exact) mass is 454 g/mol. The summed E-state index contributed by atoms with van der Waals surface area (Å²) in [6, 6.07) is 12.6. The second kappa shape index (κ2) is 8.91. The van der Waals surface area contributed by atoms with E-state index in [1.165, 1.54) is 4.68 Å². The highest BCUT2D eigenvalue weighted by Crippen LogP contribution is 2.28. The third-order valence-corrected chi connectivity index (χ3v) is 5.52. The Balaban J connectivity index is 1.86. The molecule has 0 aliphatic carbocycles. The number of nitrogens with zero attached hydrogens (tertiary/aromatic N) is 4. The van der Waals surface area contributed by atoms with Crippen LogP contribution in [0, 0.1) is 0 Å². The zero-order chi connectivity index (χ0) is 22.0. The highest BCUT2D eigenvalue weighted by atomic mass is 35.5. The van der Waals surface area contributed by atoms with Crippen molar-refractivity contribution in [3.05, 3.63) is 63.6 Å². The fraction of sp³-hybridized carbons (Fsp3) is 0.182. The van der Waals surface area contributed by atoms with Gasteiger partial charge in [0.15, 0.2) is 5.65 Å². The molecule has 0 fully saturated rings. The summed E-state index contributed by atoms with van der Waals surface area (Å²) < 4.78 is 1.42. The number of anilines is 1. The molecule has 31 heavy (non-hydrogen) atoms. The Kier molecular flexibility index (Phi) is 6.06. The molecule has 4 aromatic rings. The van der Waals surface area contributed by atoms with E-state index in [4.69, 9.17) is 28.9 Å². The predicted molar refractivity (Wildman–Crippen MR) is 126 cm³/mol. The van der Waals surface area contributed by atoms with Crippen molar-refractivity contribution < 1.29 is 4.79 Å². The molecule has 7 nitrogen and oxygen atoms in total. The van der Waals surface area contributed by atoms with Gasteiger partial charge in [0.2, 0.25) is 0 Å². The van der Waals surface area contributed by atoms with Crippen LogP contribution in [0.25, 0.3) is 22.2 Å². The van der Waals surface area contributed by atoms with Crippen molar-refractivity contribution in [2.24, 2.45) is 5.10 Å². The Morgan fingerprint density at radius 2 is 1.90 bits per heavy atom. The smallest absolute Gasteiger partial charge is 0.257 e. The maximum atomic E-state index is 12.9. The Morgan fingerprint density at radius 1 is 1.16 bits per heavy atom. The van der Waals surface area contributed by atoms with Crippen molar-refractivity contribution in [1.29, 1.82) is 0 Å². The lowest BCUT2D eigenvalue weighted by molar-refractivity contribution is 0.0955. The highest BCUT2D eigenvalue weighted by Gasteiger charge is 2.23. The van der Waals surface area contributed by atoms with Gasteiger partial charge in [0, 0.05) is 6.54 Å². The minimum atomic E-state index is -0.302. The Hall–Kier alpha value is -3.16. The van der Waals surface area contributed by atoms with Gasteiger partial charge < -0.3 is 11.1 Å². The molecule has 2 aromatic carbocycles.